The van der Waals surface area contributed by atoms with E-state index >= 15 is 0 Å². The Labute approximate surface area is 236 Å². The number of amides is 1. The summed E-state index contributed by atoms with van der Waals surface area (Å²) >= 11 is 3.46. The summed E-state index contributed by atoms with van der Waals surface area (Å²) in [6.45, 7) is 2.57. The summed E-state index contributed by atoms with van der Waals surface area (Å²) in [7, 11) is 1.60. The minimum atomic E-state index is -0.492. The monoisotopic (exact) mass is 582 g/mol. The number of methoxy groups -OCH3 is 1. The van der Waals surface area contributed by atoms with Crippen molar-refractivity contribution in [2.24, 2.45) is 0 Å². The summed E-state index contributed by atoms with van der Waals surface area (Å²) in [5.74, 6) is 1.27. The van der Waals surface area contributed by atoms with Crippen LogP contribution in [0.2, 0.25) is 0 Å². The number of ether oxygens (including phenoxy) is 3. The first-order valence-corrected chi connectivity index (χ1v) is 13.0. The van der Waals surface area contributed by atoms with Gasteiger partial charge >= 0.3 is 0 Å². The fourth-order valence-electron chi connectivity index (χ4n) is 3.79. The van der Waals surface area contributed by atoms with Gasteiger partial charge in [-0.2, -0.15) is 5.26 Å². The van der Waals surface area contributed by atoms with E-state index in [0.29, 0.717) is 35.1 Å². The van der Waals surface area contributed by atoms with E-state index in [0.717, 1.165) is 21.2 Å². The number of halogens is 1. The van der Waals surface area contributed by atoms with Crippen LogP contribution in [0.1, 0.15) is 22.3 Å². The van der Waals surface area contributed by atoms with Crippen molar-refractivity contribution in [1.82, 2.24) is 0 Å². The number of para-hydroxylation sites is 1. The van der Waals surface area contributed by atoms with Crippen molar-refractivity contribution in [2.45, 2.75) is 20.1 Å². The van der Waals surface area contributed by atoms with Crippen LogP contribution in [0.15, 0.2) is 101 Å². The minimum absolute atomic E-state index is 0.0391. The lowest BCUT2D eigenvalue weighted by molar-refractivity contribution is -0.112. The third-order valence-corrected chi connectivity index (χ3v) is 6.38. The van der Waals surface area contributed by atoms with Crippen LogP contribution in [-0.4, -0.2) is 13.0 Å². The van der Waals surface area contributed by atoms with Crippen LogP contribution in [0.5, 0.6) is 17.2 Å². The molecule has 4 aromatic carbocycles. The largest absolute Gasteiger partial charge is 0.493 e. The second-order valence-electron chi connectivity index (χ2n) is 8.67. The van der Waals surface area contributed by atoms with Gasteiger partial charge in [0, 0.05) is 15.7 Å². The van der Waals surface area contributed by atoms with Gasteiger partial charge in [0.05, 0.1) is 7.11 Å². The van der Waals surface area contributed by atoms with Crippen LogP contribution in [-0.2, 0) is 18.0 Å². The number of nitriles is 1. The van der Waals surface area contributed by atoms with E-state index in [-0.39, 0.29) is 12.2 Å². The second kappa shape index (κ2) is 13.3. The fraction of sp³-hybridized carbons (Fsp3) is 0.125. The van der Waals surface area contributed by atoms with Gasteiger partial charge in [-0.3, -0.25) is 4.79 Å². The summed E-state index contributed by atoms with van der Waals surface area (Å²) < 4.78 is 18.4. The van der Waals surface area contributed by atoms with Crippen molar-refractivity contribution in [1.29, 1.82) is 5.26 Å². The zero-order valence-corrected chi connectivity index (χ0v) is 23.2. The summed E-state index contributed by atoms with van der Waals surface area (Å²) in [5.41, 5.74) is 4.04. The highest BCUT2D eigenvalue weighted by Gasteiger charge is 2.14. The molecule has 4 rings (SSSR count). The Morgan fingerprint density at radius 1 is 0.872 bits per heavy atom. The van der Waals surface area contributed by atoms with E-state index in [1.54, 1.807) is 25.3 Å². The molecule has 0 bridgehead atoms. The number of hydrogen-bond donors (Lipinski definition) is 1. The predicted molar refractivity (Wildman–Crippen MR) is 156 cm³/mol. The Morgan fingerprint density at radius 3 is 2.31 bits per heavy atom. The average Bonchev–Trinajstić information content (AvgIpc) is 2.96. The highest BCUT2D eigenvalue weighted by Crippen LogP contribution is 2.31. The molecule has 0 heterocycles. The first kappa shape index (κ1) is 27.5. The van der Waals surface area contributed by atoms with Gasteiger partial charge in [0.25, 0.3) is 5.91 Å². The fourth-order valence-corrected chi connectivity index (χ4v) is 4.17. The van der Waals surface area contributed by atoms with Gasteiger partial charge in [-0.05, 0) is 66.1 Å². The molecule has 0 unspecified atom stereocenters. The molecule has 1 N–H and O–H groups in total. The molecule has 0 aliphatic rings. The quantitative estimate of drug-likeness (QED) is 0.155. The van der Waals surface area contributed by atoms with E-state index in [1.807, 2.05) is 85.8 Å². The highest BCUT2D eigenvalue weighted by molar-refractivity contribution is 9.10. The number of benzene rings is 4. The normalized spacial score (nSPS) is 10.9. The lowest BCUT2D eigenvalue weighted by Crippen LogP contribution is -2.14. The summed E-state index contributed by atoms with van der Waals surface area (Å²) in [6, 6.07) is 30.4. The van der Waals surface area contributed by atoms with Gasteiger partial charge < -0.3 is 19.5 Å². The maximum absolute atomic E-state index is 12.8. The van der Waals surface area contributed by atoms with Crippen LogP contribution >= 0.6 is 15.9 Å². The number of rotatable bonds is 10. The molecule has 0 aromatic heterocycles. The number of nitrogens with one attached hydrogen (secondary N) is 1. The third-order valence-electron chi connectivity index (χ3n) is 5.89. The zero-order chi connectivity index (χ0) is 27.6. The molecule has 0 radical (unpaired) electrons. The molecule has 4 aromatic rings. The third kappa shape index (κ3) is 7.50. The molecule has 0 spiro atoms. The Balaban J connectivity index is 1.49. The van der Waals surface area contributed by atoms with Gasteiger partial charge in [-0.15, -0.1) is 0 Å². The maximum Gasteiger partial charge on any atom is 0.266 e. The first-order valence-electron chi connectivity index (χ1n) is 12.2. The molecular weight excluding hydrogens is 556 g/mol. The van der Waals surface area contributed by atoms with E-state index in [2.05, 4.69) is 21.2 Å². The molecule has 0 aliphatic carbocycles. The highest BCUT2D eigenvalue weighted by atomic mass is 79.9. The summed E-state index contributed by atoms with van der Waals surface area (Å²) in [5, 5.41) is 12.5. The van der Waals surface area contributed by atoms with Crippen LogP contribution in [0.3, 0.4) is 0 Å². The van der Waals surface area contributed by atoms with Crippen molar-refractivity contribution in [2.75, 3.05) is 12.4 Å². The number of aryl methyl sites for hydroxylation is 1. The van der Waals surface area contributed by atoms with Crippen molar-refractivity contribution >= 4 is 33.6 Å². The van der Waals surface area contributed by atoms with Gasteiger partial charge in [-0.25, -0.2) is 0 Å². The van der Waals surface area contributed by atoms with Crippen molar-refractivity contribution in [3.05, 3.63) is 123 Å². The molecule has 1 amide bonds. The standard InChI is InChI=1S/C32H27BrN2O4/c1-22-8-6-7-11-28(22)35-32(36)26(19-34)17-25-18-27(33)13-15-29(25)38-21-24-12-14-30(31(16-24)37-2)39-20-23-9-4-3-5-10-23/h3-18H,20-21H2,1-2H3,(H,35,36)/b26-17-. The van der Waals surface area contributed by atoms with Crippen LogP contribution in [0.25, 0.3) is 6.08 Å². The maximum atomic E-state index is 12.8. The van der Waals surface area contributed by atoms with Crippen molar-refractivity contribution in [3.63, 3.8) is 0 Å². The molecule has 0 saturated carbocycles. The Bertz CT molecular complexity index is 1530. The first-order chi connectivity index (χ1) is 19.0. The molecule has 0 aliphatic heterocycles. The zero-order valence-electron chi connectivity index (χ0n) is 21.6. The lowest BCUT2D eigenvalue weighted by atomic mass is 10.1. The molecule has 6 nitrogen and oxygen atoms in total. The molecular formula is C32H27BrN2O4. The molecule has 0 fully saturated rings. The lowest BCUT2D eigenvalue weighted by Gasteiger charge is -2.14. The van der Waals surface area contributed by atoms with Crippen LogP contribution in [0, 0.1) is 18.3 Å². The Kier molecular flexibility index (Phi) is 9.39. The number of nitrogens with zero attached hydrogens (tertiary/aromatic N) is 1. The molecule has 0 saturated heterocycles. The van der Waals surface area contributed by atoms with Gasteiger partial charge in [-0.1, -0.05) is 70.5 Å². The SMILES string of the molecule is COc1cc(COc2ccc(Br)cc2/C=C(/C#N)C(=O)Nc2ccccc2C)ccc1OCc1ccccc1. The topological polar surface area (TPSA) is 80.6 Å². The van der Waals surface area contributed by atoms with Gasteiger partial charge in [0.2, 0.25) is 0 Å². The smallest absolute Gasteiger partial charge is 0.266 e. The summed E-state index contributed by atoms with van der Waals surface area (Å²) in [4.78, 5) is 12.8. The van der Waals surface area contributed by atoms with Gasteiger partial charge in [0.1, 0.15) is 30.6 Å². The molecule has 39 heavy (non-hydrogen) atoms. The average molecular weight is 583 g/mol. The van der Waals surface area contributed by atoms with Crippen LogP contribution in [0.4, 0.5) is 5.69 Å². The molecule has 7 heteroatoms. The van der Waals surface area contributed by atoms with E-state index < -0.39 is 5.91 Å². The Hall–Kier alpha value is -4.54. The Morgan fingerprint density at radius 2 is 1.56 bits per heavy atom. The number of anilines is 1. The predicted octanol–water partition coefficient (Wildman–Crippen LogP) is 7.47. The number of carbonyl (C=O) groups is 1. The van der Waals surface area contributed by atoms with E-state index in [4.69, 9.17) is 14.2 Å². The van der Waals surface area contributed by atoms with Crippen molar-refractivity contribution in [3.8, 4) is 23.3 Å². The molecule has 0 atom stereocenters. The van der Waals surface area contributed by atoms with Crippen molar-refractivity contribution < 1.29 is 19.0 Å². The summed E-state index contributed by atoms with van der Waals surface area (Å²) in [6.07, 6.45) is 1.52. The second-order valence-corrected chi connectivity index (χ2v) is 9.58. The van der Waals surface area contributed by atoms with E-state index in [1.165, 1.54) is 6.08 Å². The minimum Gasteiger partial charge on any atom is -0.493 e. The number of hydrogen-bond acceptors (Lipinski definition) is 5. The number of carbonyl (C=O) groups excluding carboxylic acids is 1. The van der Waals surface area contributed by atoms with Gasteiger partial charge in [0.15, 0.2) is 11.5 Å². The van der Waals surface area contributed by atoms with E-state index in [9.17, 15) is 10.1 Å². The van der Waals surface area contributed by atoms with Crippen LogP contribution < -0.4 is 19.5 Å². The molecule has 196 valence electrons.